The minimum absolute atomic E-state index is 0.0184. The van der Waals surface area contributed by atoms with Crippen LogP contribution in [0, 0.1) is 0 Å². The second kappa shape index (κ2) is 7.52. The molecule has 0 radical (unpaired) electrons. The van der Waals surface area contributed by atoms with Crippen molar-refractivity contribution in [1.82, 2.24) is 10.3 Å². The van der Waals surface area contributed by atoms with Crippen molar-refractivity contribution in [3.05, 3.63) is 45.4 Å². The van der Waals surface area contributed by atoms with E-state index in [-0.39, 0.29) is 24.5 Å². The van der Waals surface area contributed by atoms with Crippen LogP contribution in [0.15, 0.2) is 24.3 Å². The van der Waals surface area contributed by atoms with Gasteiger partial charge in [0.15, 0.2) is 5.13 Å². The number of rotatable bonds is 3. The number of ether oxygens (including phenoxy) is 1. The molecule has 1 unspecified atom stereocenters. The zero-order valence-corrected chi connectivity index (χ0v) is 15.7. The highest BCUT2D eigenvalue weighted by Crippen LogP contribution is 2.38. The van der Waals surface area contributed by atoms with Crippen LogP contribution in [0.4, 0.5) is 5.13 Å². The highest BCUT2D eigenvalue weighted by Gasteiger charge is 2.31. The summed E-state index contributed by atoms with van der Waals surface area (Å²) < 4.78 is 5.52. The first-order valence-electron chi connectivity index (χ1n) is 8.67. The summed E-state index contributed by atoms with van der Waals surface area (Å²) in [5.74, 6) is -0.00641. The van der Waals surface area contributed by atoms with Gasteiger partial charge in [0.2, 0.25) is 0 Å². The number of carbonyl (C=O) groups is 1. The van der Waals surface area contributed by atoms with Crippen molar-refractivity contribution in [3.8, 4) is 0 Å². The van der Waals surface area contributed by atoms with Crippen LogP contribution >= 0.6 is 22.9 Å². The summed E-state index contributed by atoms with van der Waals surface area (Å²) in [5.41, 5.74) is 1.94. The molecule has 0 bridgehead atoms. The van der Waals surface area contributed by atoms with E-state index >= 15 is 0 Å². The molecule has 2 aliphatic heterocycles. The number of nitrogens with zero attached hydrogens (tertiary/aromatic N) is 2. The van der Waals surface area contributed by atoms with Crippen LogP contribution in [0.25, 0.3) is 0 Å². The monoisotopic (exact) mass is 393 g/mol. The molecule has 1 aromatic heterocycles. The average Bonchev–Trinajstić information content (AvgIpc) is 3.05. The molecule has 2 aromatic rings. The maximum atomic E-state index is 12.5. The number of aromatic nitrogens is 1. The highest BCUT2D eigenvalue weighted by atomic mass is 35.5. The van der Waals surface area contributed by atoms with E-state index in [1.807, 2.05) is 24.3 Å². The van der Waals surface area contributed by atoms with Gasteiger partial charge in [0.1, 0.15) is 4.88 Å². The molecule has 1 amide bonds. The third-order valence-corrected chi connectivity index (χ3v) is 6.16. The number of carbonyl (C=O) groups excluding carboxylic acids is 1. The Morgan fingerprint density at radius 1 is 1.38 bits per heavy atom. The van der Waals surface area contributed by atoms with Crippen LogP contribution in [-0.2, 0) is 4.74 Å². The maximum Gasteiger partial charge on any atom is 0.263 e. The molecular weight excluding hydrogens is 374 g/mol. The van der Waals surface area contributed by atoms with Crippen LogP contribution < -0.4 is 10.2 Å². The predicted octanol–water partition coefficient (Wildman–Crippen LogP) is 2.26. The molecule has 2 atom stereocenters. The Kier molecular flexibility index (Phi) is 5.13. The molecule has 1 fully saturated rings. The average molecular weight is 394 g/mol. The van der Waals surface area contributed by atoms with Gasteiger partial charge in [-0.05, 0) is 24.1 Å². The SMILES string of the molecule is O=C1NCCC(c2ccc(Cl)cc2)c2nc(N3CCO[C@H](CO)C3)sc21. The van der Waals surface area contributed by atoms with Gasteiger partial charge in [0.25, 0.3) is 5.91 Å². The summed E-state index contributed by atoms with van der Waals surface area (Å²) in [6.45, 7) is 2.43. The van der Waals surface area contributed by atoms with Gasteiger partial charge in [-0.15, -0.1) is 0 Å². The Bertz CT molecular complexity index is 795. The van der Waals surface area contributed by atoms with Crippen molar-refractivity contribution in [3.63, 3.8) is 0 Å². The number of thiazole rings is 1. The van der Waals surface area contributed by atoms with E-state index in [0.717, 1.165) is 22.8 Å². The lowest BCUT2D eigenvalue weighted by Crippen LogP contribution is -2.44. The zero-order chi connectivity index (χ0) is 18.1. The number of hydrogen-bond donors (Lipinski definition) is 2. The van der Waals surface area contributed by atoms with Gasteiger partial charge in [0, 0.05) is 30.6 Å². The first-order valence-corrected chi connectivity index (χ1v) is 9.87. The van der Waals surface area contributed by atoms with E-state index in [9.17, 15) is 9.90 Å². The number of amides is 1. The smallest absolute Gasteiger partial charge is 0.263 e. The third-order valence-electron chi connectivity index (χ3n) is 4.78. The van der Waals surface area contributed by atoms with Crippen molar-refractivity contribution in [2.45, 2.75) is 18.4 Å². The molecular formula is C18H20ClN3O3S. The van der Waals surface area contributed by atoms with Crippen molar-refractivity contribution in [2.24, 2.45) is 0 Å². The Morgan fingerprint density at radius 2 is 2.19 bits per heavy atom. The summed E-state index contributed by atoms with van der Waals surface area (Å²) in [7, 11) is 0. The fraction of sp³-hybridized carbons (Fsp3) is 0.444. The summed E-state index contributed by atoms with van der Waals surface area (Å²) in [5, 5.41) is 13.8. The Morgan fingerprint density at radius 3 is 2.96 bits per heavy atom. The molecule has 8 heteroatoms. The van der Waals surface area contributed by atoms with Gasteiger partial charge >= 0.3 is 0 Å². The number of benzene rings is 1. The van der Waals surface area contributed by atoms with E-state index in [0.29, 0.717) is 36.1 Å². The minimum atomic E-state index is -0.214. The summed E-state index contributed by atoms with van der Waals surface area (Å²) in [4.78, 5) is 20.1. The highest BCUT2D eigenvalue weighted by molar-refractivity contribution is 7.17. The topological polar surface area (TPSA) is 74.7 Å². The van der Waals surface area contributed by atoms with E-state index < -0.39 is 0 Å². The quantitative estimate of drug-likeness (QED) is 0.836. The lowest BCUT2D eigenvalue weighted by Gasteiger charge is -2.31. The third kappa shape index (κ3) is 3.44. The number of fused-ring (bicyclic) bond motifs is 1. The van der Waals surface area contributed by atoms with Gasteiger partial charge in [-0.2, -0.15) is 0 Å². The fourth-order valence-electron chi connectivity index (χ4n) is 3.42. The molecule has 4 rings (SSSR count). The Labute approximate surface area is 160 Å². The number of anilines is 1. The molecule has 138 valence electrons. The summed E-state index contributed by atoms with van der Waals surface area (Å²) in [6, 6.07) is 7.75. The first-order chi connectivity index (χ1) is 12.7. The van der Waals surface area contributed by atoms with E-state index in [1.165, 1.54) is 11.3 Å². The van der Waals surface area contributed by atoms with Crippen molar-refractivity contribution in [1.29, 1.82) is 0 Å². The van der Waals surface area contributed by atoms with Crippen LogP contribution in [0.2, 0.25) is 5.02 Å². The van der Waals surface area contributed by atoms with Crippen LogP contribution in [0.3, 0.4) is 0 Å². The molecule has 0 spiro atoms. The number of aliphatic hydroxyl groups is 1. The van der Waals surface area contributed by atoms with Crippen LogP contribution in [0.5, 0.6) is 0 Å². The number of halogens is 1. The predicted molar refractivity (Wildman–Crippen MR) is 101 cm³/mol. The largest absolute Gasteiger partial charge is 0.394 e. The summed E-state index contributed by atoms with van der Waals surface area (Å²) in [6.07, 6.45) is 0.583. The molecule has 6 nitrogen and oxygen atoms in total. The Balaban J connectivity index is 1.69. The standard InChI is InChI=1S/C18H20ClN3O3S/c19-12-3-1-11(2-4-12)14-5-6-20-17(24)16-15(14)21-18(26-16)22-7-8-25-13(9-22)10-23/h1-4,13-14,23H,5-10H2,(H,20,24)/t13-,14?/m0/s1. The molecule has 1 saturated heterocycles. The lowest BCUT2D eigenvalue weighted by atomic mass is 9.92. The minimum Gasteiger partial charge on any atom is -0.394 e. The second-order valence-corrected chi connectivity index (χ2v) is 7.89. The number of hydrogen-bond acceptors (Lipinski definition) is 6. The van der Waals surface area contributed by atoms with Crippen LogP contribution in [-0.4, -0.2) is 54.9 Å². The number of aliphatic hydroxyl groups excluding tert-OH is 1. The van der Waals surface area contributed by atoms with Crippen molar-refractivity contribution < 1.29 is 14.6 Å². The fourth-order valence-corrected chi connectivity index (χ4v) is 4.63. The maximum absolute atomic E-state index is 12.5. The second-order valence-electron chi connectivity index (χ2n) is 6.48. The van der Waals surface area contributed by atoms with Crippen molar-refractivity contribution >= 4 is 34.0 Å². The van der Waals surface area contributed by atoms with Gasteiger partial charge in [-0.3, -0.25) is 4.79 Å². The molecule has 3 heterocycles. The normalized spacial score (nSPS) is 23.3. The van der Waals surface area contributed by atoms with Gasteiger partial charge in [-0.1, -0.05) is 35.1 Å². The van der Waals surface area contributed by atoms with E-state index in [1.54, 1.807) is 0 Å². The van der Waals surface area contributed by atoms with Crippen molar-refractivity contribution in [2.75, 3.05) is 37.7 Å². The molecule has 0 aliphatic carbocycles. The van der Waals surface area contributed by atoms with Gasteiger partial charge < -0.3 is 20.1 Å². The molecule has 1 aromatic carbocycles. The zero-order valence-electron chi connectivity index (χ0n) is 14.2. The van der Waals surface area contributed by atoms with Crippen LogP contribution in [0.1, 0.15) is 33.3 Å². The van der Waals surface area contributed by atoms with E-state index in [2.05, 4.69) is 10.2 Å². The molecule has 2 N–H and O–H groups in total. The van der Waals surface area contributed by atoms with Gasteiger partial charge in [-0.25, -0.2) is 4.98 Å². The van der Waals surface area contributed by atoms with E-state index in [4.69, 9.17) is 21.3 Å². The molecule has 2 aliphatic rings. The first kappa shape index (κ1) is 17.7. The molecule has 26 heavy (non-hydrogen) atoms. The lowest BCUT2D eigenvalue weighted by molar-refractivity contribution is 0.00355. The van der Waals surface area contributed by atoms with Gasteiger partial charge in [0.05, 0.1) is 25.0 Å². The molecule has 0 saturated carbocycles. The number of morpholine rings is 1. The number of nitrogens with one attached hydrogen (secondary N) is 1. The Hall–Kier alpha value is -1.67. The summed E-state index contributed by atoms with van der Waals surface area (Å²) >= 11 is 7.44.